The normalized spacial score (nSPS) is 11.8. The van der Waals surface area contributed by atoms with E-state index in [4.69, 9.17) is 4.74 Å². The zero-order valence-corrected chi connectivity index (χ0v) is 13.5. The summed E-state index contributed by atoms with van der Waals surface area (Å²) >= 11 is 1.74. The number of hydrogen-bond donors (Lipinski definition) is 2. The minimum absolute atomic E-state index is 0.0374. The number of carbonyl (C=O) groups excluding carboxylic acids is 1. The second kappa shape index (κ2) is 6.63. The van der Waals surface area contributed by atoms with Crippen molar-refractivity contribution in [3.63, 3.8) is 0 Å². The minimum atomic E-state index is -0.241. The van der Waals surface area contributed by atoms with Gasteiger partial charge in [-0.05, 0) is 44.5 Å². The standard InChI is InChI=1S/C16H20N2O2S/c1-10-9-13(12(3)21-10)11(2)17-16(19)18-14-7-5-6-8-15(14)20-4/h5-9,11H,1-4H3,(H2,17,18,19). The Morgan fingerprint density at radius 1 is 1.29 bits per heavy atom. The molecule has 0 saturated carbocycles. The number of nitrogens with one attached hydrogen (secondary N) is 2. The van der Waals surface area contributed by atoms with Gasteiger partial charge in [0.1, 0.15) is 5.75 Å². The summed E-state index contributed by atoms with van der Waals surface area (Å²) in [6.07, 6.45) is 0. The molecule has 0 spiro atoms. The third kappa shape index (κ3) is 3.76. The van der Waals surface area contributed by atoms with Crippen molar-refractivity contribution in [2.45, 2.75) is 26.8 Å². The second-order valence-electron chi connectivity index (χ2n) is 4.89. The minimum Gasteiger partial charge on any atom is -0.495 e. The molecule has 2 amide bonds. The van der Waals surface area contributed by atoms with Crippen LogP contribution in [0, 0.1) is 13.8 Å². The Kier molecular flexibility index (Phi) is 4.85. The average molecular weight is 304 g/mol. The molecule has 112 valence electrons. The molecule has 1 aromatic heterocycles. The number of rotatable bonds is 4. The Morgan fingerprint density at radius 3 is 2.62 bits per heavy atom. The van der Waals surface area contributed by atoms with Gasteiger partial charge >= 0.3 is 6.03 Å². The van der Waals surface area contributed by atoms with E-state index in [0.29, 0.717) is 11.4 Å². The SMILES string of the molecule is COc1ccccc1NC(=O)NC(C)c1cc(C)sc1C. The number of ether oxygens (including phenoxy) is 1. The van der Waals surface area contributed by atoms with Crippen LogP contribution >= 0.6 is 11.3 Å². The quantitative estimate of drug-likeness (QED) is 0.887. The lowest BCUT2D eigenvalue weighted by atomic mass is 10.1. The van der Waals surface area contributed by atoms with Gasteiger partial charge < -0.3 is 15.4 Å². The van der Waals surface area contributed by atoms with E-state index >= 15 is 0 Å². The number of thiophene rings is 1. The van der Waals surface area contributed by atoms with Gasteiger partial charge in [0.15, 0.2) is 0 Å². The number of anilines is 1. The second-order valence-corrected chi connectivity index (χ2v) is 6.35. The molecule has 1 aromatic carbocycles. The lowest BCUT2D eigenvalue weighted by Crippen LogP contribution is -2.31. The monoisotopic (exact) mass is 304 g/mol. The number of para-hydroxylation sites is 2. The van der Waals surface area contributed by atoms with Gasteiger partial charge in [-0.2, -0.15) is 0 Å². The Labute approximate surface area is 129 Å². The van der Waals surface area contributed by atoms with Crippen LogP contribution in [0.3, 0.4) is 0 Å². The summed E-state index contributed by atoms with van der Waals surface area (Å²) in [5.41, 5.74) is 1.82. The Hall–Kier alpha value is -2.01. The third-order valence-corrected chi connectivity index (χ3v) is 4.23. The van der Waals surface area contributed by atoms with Crippen molar-refractivity contribution in [1.29, 1.82) is 0 Å². The van der Waals surface area contributed by atoms with Gasteiger partial charge in [-0.25, -0.2) is 4.79 Å². The summed E-state index contributed by atoms with van der Waals surface area (Å²) in [6.45, 7) is 6.13. The zero-order valence-electron chi connectivity index (χ0n) is 12.7. The van der Waals surface area contributed by atoms with E-state index in [1.54, 1.807) is 18.4 Å². The van der Waals surface area contributed by atoms with Crippen LogP contribution in [0.5, 0.6) is 5.75 Å². The fraction of sp³-hybridized carbons (Fsp3) is 0.312. The molecule has 2 aromatic rings. The lowest BCUT2D eigenvalue weighted by Gasteiger charge is -2.16. The molecular weight excluding hydrogens is 284 g/mol. The van der Waals surface area contributed by atoms with Crippen LogP contribution in [-0.2, 0) is 0 Å². The molecule has 1 unspecified atom stereocenters. The number of urea groups is 1. The molecule has 21 heavy (non-hydrogen) atoms. The number of hydrogen-bond acceptors (Lipinski definition) is 3. The van der Waals surface area contributed by atoms with Gasteiger partial charge in [-0.1, -0.05) is 12.1 Å². The highest BCUT2D eigenvalue weighted by Crippen LogP contribution is 2.27. The Morgan fingerprint density at radius 2 is 2.00 bits per heavy atom. The van der Waals surface area contributed by atoms with Crippen molar-refractivity contribution in [2.24, 2.45) is 0 Å². The molecule has 5 heteroatoms. The fourth-order valence-corrected chi connectivity index (χ4v) is 3.28. The van der Waals surface area contributed by atoms with E-state index in [1.807, 2.05) is 31.2 Å². The molecule has 2 N–H and O–H groups in total. The summed E-state index contributed by atoms with van der Waals surface area (Å²) in [5.74, 6) is 0.642. The van der Waals surface area contributed by atoms with Crippen LogP contribution < -0.4 is 15.4 Å². The lowest BCUT2D eigenvalue weighted by molar-refractivity contribution is 0.249. The molecule has 1 atom stereocenters. The van der Waals surface area contributed by atoms with Crippen LogP contribution in [0.4, 0.5) is 10.5 Å². The van der Waals surface area contributed by atoms with E-state index in [-0.39, 0.29) is 12.1 Å². The van der Waals surface area contributed by atoms with Crippen LogP contribution in [0.2, 0.25) is 0 Å². The van der Waals surface area contributed by atoms with Crippen molar-refractivity contribution in [3.8, 4) is 5.75 Å². The maximum absolute atomic E-state index is 12.1. The van der Waals surface area contributed by atoms with E-state index in [2.05, 4.69) is 30.5 Å². The molecule has 0 radical (unpaired) electrons. The zero-order chi connectivity index (χ0) is 15.4. The number of benzene rings is 1. The smallest absolute Gasteiger partial charge is 0.319 e. The van der Waals surface area contributed by atoms with Crippen LogP contribution in [0.1, 0.15) is 28.3 Å². The van der Waals surface area contributed by atoms with Crippen molar-refractivity contribution in [1.82, 2.24) is 5.32 Å². The highest BCUT2D eigenvalue weighted by molar-refractivity contribution is 7.12. The van der Waals surface area contributed by atoms with Gasteiger partial charge in [-0.3, -0.25) is 0 Å². The third-order valence-electron chi connectivity index (χ3n) is 3.25. The topological polar surface area (TPSA) is 50.4 Å². The van der Waals surface area contributed by atoms with E-state index < -0.39 is 0 Å². The first kappa shape index (κ1) is 15.4. The molecular formula is C16H20N2O2S. The van der Waals surface area contributed by atoms with E-state index in [0.717, 1.165) is 5.56 Å². The van der Waals surface area contributed by atoms with Gasteiger partial charge in [0.05, 0.1) is 18.8 Å². The summed E-state index contributed by atoms with van der Waals surface area (Å²) in [5, 5.41) is 5.77. The van der Waals surface area contributed by atoms with Gasteiger partial charge in [0, 0.05) is 9.75 Å². The van der Waals surface area contributed by atoms with Gasteiger partial charge in [0.25, 0.3) is 0 Å². The molecule has 0 aliphatic carbocycles. The highest BCUT2D eigenvalue weighted by atomic mass is 32.1. The summed E-state index contributed by atoms with van der Waals surface area (Å²) < 4.78 is 5.22. The maximum atomic E-state index is 12.1. The molecule has 4 nitrogen and oxygen atoms in total. The van der Waals surface area contributed by atoms with Gasteiger partial charge in [-0.15, -0.1) is 11.3 Å². The highest BCUT2D eigenvalue weighted by Gasteiger charge is 2.14. The molecule has 0 saturated heterocycles. The van der Waals surface area contributed by atoms with Crippen molar-refractivity contribution >= 4 is 23.1 Å². The maximum Gasteiger partial charge on any atom is 0.319 e. The molecule has 0 aliphatic rings. The largest absolute Gasteiger partial charge is 0.495 e. The number of aryl methyl sites for hydroxylation is 2. The van der Waals surface area contributed by atoms with E-state index in [9.17, 15) is 4.79 Å². The first-order valence-corrected chi connectivity index (χ1v) is 7.60. The number of amides is 2. The molecule has 2 rings (SSSR count). The summed E-state index contributed by atoms with van der Waals surface area (Å²) in [7, 11) is 1.58. The summed E-state index contributed by atoms with van der Waals surface area (Å²) in [4.78, 5) is 14.6. The summed E-state index contributed by atoms with van der Waals surface area (Å²) in [6, 6.07) is 9.18. The molecule has 1 heterocycles. The predicted octanol–water partition coefficient (Wildman–Crippen LogP) is 4.26. The molecule has 0 bridgehead atoms. The van der Waals surface area contributed by atoms with Crippen molar-refractivity contribution in [3.05, 3.63) is 45.6 Å². The van der Waals surface area contributed by atoms with Crippen molar-refractivity contribution < 1.29 is 9.53 Å². The number of methoxy groups -OCH3 is 1. The predicted molar refractivity (Wildman–Crippen MR) is 87.4 cm³/mol. The van der Waals surface area contributed by atoms with Crippen LogP contribution in [0.25, 0.3) is 0 Å². The first-order chi connectivity index (χ1) is 10.0. The van der Waals surface area contributed by atoms with E-state index in [1.165, 1.54) is 9.75 Å². The average Bonchev–Trinajstić information content (AvgIpc) is 2.78. The van der Waals surface area contributed by atoms with Gasteiger partial charge in [0.2, 0.25) is 0 Å². The van der Waals surface area contributed by atoms with Crippen LogP contribution in [-0.4, -0.2) is 13.1 Å². The van der Waals surface area contributed by atoms with Crippen molar-refractivity contribution in [2.75, 3.05) is 12.4 Å². The fourth-order valence-electron chi connectivity index (χ4n) is 2.26. The Balaban J connectivity index is 2.03. The number of carbonyl (C=O) groups is 1. The molecule has 0 aliphatic heterocycles. The first-order valence-electron chi connectivity index (χ1n) is 6.78. The molecule has 0 fully saturated rings. The van der Waals surface area contributed by atoms with Crippen LogP contribution in [0.15, 0.2) is 30.3 Å². The Bertz CT molecular complexity index is 637.